The van der Waals surface area contributed by atoms with Gasteiger partial charge in [0, 0.05) is 50.9 Å². The van der Waals surface area contributed by atoms with Crippen molar-refractivity contribution in [2.75, 3.05) is 33.3 Å². The van der Waals surface area contributed by atoms with E-state index in [1.807, 2.05) is 17.2 Å². The zero-order chi connectivity index (χ0) is 26.0. The second-order valence-corrected chi connectivity index (χ2v) is 9.35. The van der Waals surface area contributed by atoms with Gasteiger partial charge in [0.05, 0.1) is 35.8 Å². The summed E-state index contributed by atoms with van der Waals surface area (Å²) in [5, 5.41) is 13.7. The first kappa shape index (κ1) is 25.4. The van der Waals surface area contributed by atoms with Gasteiger partial charge in [0.15, 0.2) is 5.17 Å². The molecule has 2 amide bonds. The van der Waals surface area contributed by atoms with E-state index < -0.39 is 16.9 Å². The summed E-state index contributed by atoms with van der Waals surface area (Å²) in [6, 6.07) is 5.38. The lowest BCUT2D eigenvalue weighted by Crippen LogP contribution is -2.50. The van der Waals surface area contributed by atoms with Crippen molar-refractivity contribution < 1.29 is 24.0 Å². The third-order valence-corrected chi connectivity index (χ3v) is 7.35. The predicted molar refractivity (Wildman–Crippen MR) is 134 cm³/mol. The van der Waals surface area contributed by atoms with Gasteiger partial charge in [0.2, 0.25) is 11.8 Å². The van der Waals surface area contributed by atoms with E-state index in [2.05, 4.69) is 4.99 Å². The van der Waals surface area contributed by atoms with E-state index >= 15 is 0 Å². The standard InChI is InChI=1S/C24H27N5O6S/c1-4-19-21(23(32)35-3)22(16-5-7-17(8-6-16)29(33)34)28-18(14-36-24(28)25-19)13-20(31)27-11-9-26(10-12-27)15(2)30/h5-8,14,22H,4,9-13H2,1-3H3. The average molecular weight is 514 g/mol. The van der Waals surface area contributed by atoms with Crippen molar-refractivity contribution in [1.82, 2.24) is 14.7 Å². The molecular weight excluding hydrogens is 486 g/mol. The smallest absolute Gasteiger partial charge is 0.338 e. The number of hydrogen-bond acceptors (Lipinski definition) is 9. The Bertz CT molecular complexity index is 1180. The number of carbonyl (C=O) groups excluding carboxylic acids is 3. The second kappa shape index (κ2) is 10.5. The molecule has 3 aliphatic heterocycles. The highest BCUT2D eigenvalue weighted by Gasteiger charge is 2.42. The van der Waals surface area contributed by atoms with Crippen molar-refractivity contribution >= 4 is 40.4 Å². The third kappa shape index (κ3) is 4.85. The third-order valence-electron chi connectivity index (χ3n) is 6.46. The summed E-state index contributed by atoms with van der Waals surface area (Å²) < 4.78 is 5.09. The number of amides is 2. The van der Waals surface area contributed by atoms with E-state index in [1.54, 1.807) is 21.9 Å². The Morgan fingerprint density at radius 1 is 1.14 bits per heavy atom. The zero-order valence-corrected chi connectivity index (χ0v) is 21.1. The van der Waals surface area contributed by atoms with Gasteiger partial charge in [-0.2, -0.15) is 0 Å². The highest BCUT2D eigenvalue weighted by Crippen LogP contribution is 2.45. The van der Waals surface area contributed by atoms with Crippen LogP contribution in [0.4, 0.5) is 5.69 Å². The average Bonchev–Trinajstić information content (AvgIpc) is 3.29. The number of rotatable bonds is 6. The topological polar surface area (TPSA) is 126 Å². The maximum Gasteiger partial charge on any atom is 0.338 e. The molecule has 1 aromatic carbocycles. The lowest BCUT2D eigenvalue weighted by molar-refractivity contribution is -0.384. The molecule has 1 aromatic rings. The van der Waals surface area contributed by atoms with E-state index in [1.165, 1.54) is 37.9 Å². The number of nitro groups is 1. The molecule has 0 spiro atoms. The molecule has 1 saturated heterocycles. The Kier molecular flexibility index (Phi) is 7.43. The van der Waals surface area contributed by atoms with Crippen LogP contribution in [-0.2, 0) is 19.1 Å². The van der Waals surface area contributed by atoms with Crippen molar-refractivity contribution in [3.8, 4) is 0 Å². The molecule has 0 N–H and O–H groups in total. The Balaban J connectivity index is 1.65. The van der Waals surface area contributed by atoms with Gasteiger partial charge in [-0.1, -0.05) is 18.7 Å². The molecule has 1 fully saturated rings. The van der Waals surface area contributed by atoms with E-state index in [4.69, 9.17) is 4.74 Å². The number of aliphatic imine (C=N–C) groups is 1. The van der Waals surface area contributed by atoms with Crippen LogP contribution in [0.15, 0.2) is 51.6 Å². The highest BCUT2D eigenvalue weighted by atomic mass is 32.2. The molecule has 0 bridgehead atoms. The quantitative estimate of drug-likeness (QED) is 0.323. The molecule has 11 nitrogen and oxygen atoms in total. The summed E-state index contributed by atoms with van der Waals surface area (Å²) in [6.07, 6.45) is 0.575. The highest BCUT2D eigenvalue weighted by molar-refractivity contribution is 8.16. The van der Waals surface area contributed by atoms with Gasteiger partial charge in [-0.3, -0.25) is 19.7 Å². The monoisotopic (exact) mass is 513 g/mol. The SMILES string of the molecule is CCC1=C(C(=O)OC)C(c2ccc([N+](=O)[O-])cc2)N2C(CC(=O)N3CCN(C(C)=O)CC3)=CSC2=N1. The normalized spacial score (nSPS) is 19.5. The van der Waals surface area contributed by atoms with E-state index in [9.17, 15) is 24.5 Å². The molecule has 12 heteroatoms. The first-order valence-corrected chi connectivity index (χ1v) is 12.5. The zero-order valence-electron chi connectivity index (χ0n) is 20.3. The number of thioether (sulfide) groups is 1. The molecule has 190 valence electrons. The van der Waals surface area contributed by atoms with Crippen molar-refractivity contribution in [3.05, 3.63) is 62.3 Å². The molecule has 1 atom stereocenters. The summed E-state index contributed by atoms with van der Waals surface area (Å²) in [5.41, 5.74) is 2.18. The van der Waals surface area contributed by atoms with Gasteiger partial charge in [-0.05, 0) is 29.5 Å². The molecular formula is C24H27N5O6S. The molecule has 3 aliphatic rings. The van der Waals surface area contributed by atoms with Gasteiger partial charge in [-0.15, -0.1) is 0 Å². The van der Waals surface area contributed by atoms with Gasteiger partial charge in [0.25, 0.3) is 5.69 Å². The van der Waals surface area contributed by atoms with Gasteiger partial charge in [0.1, 0.15) is 0 Å². The maximum atomic E-state index is 13.2. The summed E-state index contributed by atoms with van der Waals surface area (Å²) >= 11 is 1.37. The van der Waals surface area contributed by atoms with Crippen molar-refractivity contribution in [1.29, 1.82) is 0 Å². The summed E-state index contributed by atoms with van der Waals surface area (Å²) in [5.74, 6) is -0.634. The maximum absolute atomic E-state index is 13.2. The number of esters is 1. The van der Waals surface area contributed by atoms with Crippen LogP contribution in [0.3, 0.4) is 0 Å². The number of hydrogen-bond donors (Lipinski definition) is 0. The minimum absolute atomic E-state index is 0.00837. The number of nitro benzene ring substituents is 1. The number of non-ortho nitro benzene ring substituents is 1. The number of amidine groups is 1. The van der Waals surface area contributed by atoms with E-state index in [0.29, 0.717) is 60.3 Å². The molecule has 0 aliphatic carbocycles. The predicted octanol–water partition coefficient (Wildman–Crippen LogP) is 2.81. The van der Waals surface area contributed by atoms with Crippen LogP contribution >= 0.6 is 11.8 Å². The van der Waals surface area contributed by atoms with Crippen LogP contribution in [0.25, 0.3) is 0 Å². The Labute approximate surface area is 212 Å². The fourth-order valence-corrected chi connectivity index (χ4v) is 5.48. The second-order valence-electron chi connectivity index (χ2n) is 8.51. The first-order chi connectivity index (χ1) is 17.2. The van der Waals surface area contributed by atoms with Crippen molar-refractivity contribution in [3.63, 3.8) is 0 Å². The fraction of sp³-hybridized carbons (Fsp3) is 0.417. The Morgan fingerprint density at radius 3 is 2.33 bits per heavy atom. The lowest BCUT2D eigenvalue weighted by Gasteiger charge is -2.38. The van der Waals surface area contributed by atoms with Crippen LogP contribution < -0.4 is 0 Å². The van der Waals surface area contributed by atoms with Gasteiger partial charge < -0.3 is 19.4 Å². The molecule has 4 rings (SSSR count). The van der Waals surface area contributed by atoms with Crippen LogP contribution in [0.1, 0.15) is 38.3 Å². The fourth-order valence-electron chi connectivity index (χ4n) is 4.54. The summed E-state index contributed by atoms with van der Waals surface area (Å²) in [7, 11) is 1.30. The number of benzene rings is 1. The number of fused-ring (bicyclic) bond motifs is 1. The Hall–Kier alpha value is -3.67. The molecule has 3 heterocycles. The number of carbonyl (C=O) groups is 3. The van der Waals surface area contributed by atoms with Crippen LogP contribution in [-0.4, -0.2) is 75.9 Å². The molecule has 0 saturated carbocycles. The number of methoxy groups -OCH3 is 1. The number of piperazine rings is 1. The van der Waals surface area contributed by atoms with Crippen LogP contribution in [0, 0.1) is 10.1 Å². The minimum atomic E-state index is -0.649. The van der Waals surface area contributed by atoms with Crippen molar-refractivity contribution in [2.24, 2.45) is 4.99 Å². The number of nitrogens with zero attached hydrogens (tertiary/aromatic N) is 5. The molecule has 36 heavy (non-hydrogen) atoms. The largest absolute Gasteiger partial charge is 0.466 e. The van der Waals surface area contributed by atoms with Crippen molar-refractivity contribution in [2.45, 2.75) is 32.7 Å². The molecule has 0 aromatic heterocycles. The lowest BCUT2D eigenvalue weighted by atomic mass is 9.92. The van der Waals surface area contributed by atoms with Gasteiger partial charge >= 0.3 is 5.97 Å². The van der Waals surface area contributed by atoms with Gasteiger partial charge in [-0.25, -0.2) is 9.79 Å². The van der Waals surface area contributed by atoms with Crippen LogP contribution in [0.2, 0.25) is 0 Å². The number of allylic oxidation sites excluding steroid dienone is 1. The Morgan fingerprint density at radius 2 is 1.78 bits per heavy atom. The molecule has 0 radical (unpaired) electrons. The summed E-state index contributed by atoms with van der Waals surface area (Å²) in [4.78, 5) is 58.4. The van der Waals surface area contributed by atoms with E-state index in [-0.39, 0.29) is 23.9 Å². The van der Waals surface area contributed by atoms with Crippen LogP contribution in [0.5, 0.6) is 0 Å². The number of ether oxygens (including phenoxy) is 1. The minimum Gasteiger partial charge on any atom is -0.466 e. The molecule has 1 unspecified atom stereocenters. The summed E-state index contributed by atoms with van der Waals surface area (Å²) in [6.45, 7) is 5.31. The van der Waals surface area contributed by atoms with E-state index in [0.717, 1.165) is 0 Å². The first-order valence-electron chi connectivity index (χ1n) is 11.6.